The fourth-order valence-corrected chi connectivity index (χ4v) is 2.05. The molecule has 2 unspecified atom stereocenters. The van der Waals surface area contributed by atoms with Crippen molar-refractivity contribution >= 4 is 5.78 Å². The highest BCUT2D eigenvalue weighted by atomic mass is 16.5. The van der Waals surface area contributed by atoms with Gasteiger partial charge in [-0.25, -0.2) is 0 Å². The number of benzene rings is 1. The molecule has 0 spiro atoms. The molecule has 1 aliphatic heterocycles. The molecule has 2 atom stereocenters. The zero-order valence-electron chi connectivity index (χ0n) is 10.3. The van der Waals surface area contributed by atoms with Crippen LogP contribution in [0, 0.1) is 0 Å². The fourth-order valence-electron chi connectivity index (χ4n) is 2.05. The topological polar surface area (TPSA) is 61.5 Å². The SMILES string of the molecule is COc1cc(C(=O)C(C)N)cc2c1OC(C)C2. The highest BCUT2D eigenvalue weighted by molar-refractivity contribution is 6.00. The maximum absolute atomic E-state index is 11.9. The molecule has 1 aromatic rings. The van der Waals surface area contributed by atoms with Crippen LogP contribution in [0.1, 0.15) is 29.8 Å². The third-order valence-electron chi connectivity index (χ3n) is 2.88. The number of carbonyl (C=O) groups is 1. The minimum absolute atomic E-state index is 0.0781. The Morgan fingerprint density at radius 3 is 2.88 bits per heavy atom. The maximum Gasteiger partial charge on any atom is 0.179 e. The molecular formula is C13H17NO3. The van der Waals surface area contributed by atoms with E-state index in [4.69, 9.17) is 15.2 Å². The molecular weight excluding hydrogens is 218 g/mol. The quantitative estimate of drug-likeness (QED) is 0.807. The van der Waals surface area contributed by atoms with Crippen LogP contribution >= 0.6 is 0 Å². The maximum atomic E-state index is 11.9. The summed E-state index contributed by atoms with van der Waals surface area (Å²) in [6, 6.07) is 3.05. The zero-order valence-corrected chi connectivity index (χ0v) is 10.3. The van der Waals surface area contributed by atoms with E-state index in [1.807, 2.05) is 13.0 Å². The van der Waals surface area contributed by atoms with Crippen molar-refractivity contribution in [3.8, 4) is 11.5 Å². The largest absolute Gasteiger partial charge is 0.493 e. The smallest absolute Gasteiger partial charge is 0.179 e. The van der Waals surface area contributed by atoms with Crippen LogP contribution in [-0.4, -0.2) is 25.0 Å². The Morgan fingerprint density at radius 2 is 2.29 bits per heavy atom. The van der Waals surface area contributed by atoms with Gasteiger partial charge in [-0.05, 0) is 26.0 Å². The van der Waals surface area contributed by atoms with Crippen LogP contribution < -0.4 is 15.2 Å². The van der Waals surface area contributed by atoms with Gasteiger partial charge in [0, 0.05) is 17.5 Å². The van der Waals surface area contributed by atoms with E-state index in [2.05, 4.69) is 0 Å². The third kappa shape index (κ3) is 2.13. The summed E-state index contributed by atoms with van der Waals surface area (Å²) in [6.45, 7) is 3.67. The fraction of sp³-hybridized carbons (Fsp3) is 0.462. The Kier molecular flexibility index (Phi) is 3.07. The van der Waals surface area contributed by atoms with Crippen molar-refractivity contribution in [2.75, 3.05) is 7.11 Å². The summed E-state index contributed by atoms with van der Waals surface area (Å²) in [4.78, 5) is 11.9. The molecule has 0 radical (unpaired) electrons. The number of hydrogen-bond acceptors (Lipinski definition) is 4. The summed E-state index contributed by atoms with van der Waals surface area (Å²) < 4.78 is 10.9. The second-order valence-electron chi connectivity index (χ2n) is 4.45. The van der Waals surface area contributed by atoms with Gasteiger partial charge in [-0.15, -0.1) is 0 Å². The van der Waals surface area contributed by atoms with Crippen LogP contribution in [0.2, 0.25) is 0 Å². The number of rotatable bonds is 3. The van der Waals surface area contributed by atoms with Crippen LogP contribution in [0.15, 0.2) is 12.1 Å². The van der Waals surface area contributed by atoms with Gasteiger partial charge in [-0.1, -0.05) is 0 Å². The Morgan fingerprint density at radius 1 is 1.59 bits per heavy atom. The summed E-state index contributed by atoms with van der Waals surface area (Å²) >= 11 is 0. The van der Waals surface area contributed by atoms with E-state index in [1.54, 1.807) is 20.1 Å². The van der Waals surface area contributed by atoms with Crippen molar-refractivity contribution in [1.29, 1.82) is 0 Å². The molecule has 0 saturated carbocycles. The number of ketones is 1. The molecule has 4 nitrogen and oxygen atoms in total. The first kappa shape index (κ1) is 11.9. The van der Waals surface area contributed by atoms with Crippen LogP contribution in [0.5, 0.6) is 11.5 Å². The van der Waals surface area contributed by atoms with Gasteiger partial charge in [0.05, 0.1) is 13.2 Å². The monoisotopic (exact) mass is 235 g/mol. The number of carbonyl (C=O) groups excluding carboxylic acids is 1. The number of ether oxygens (including phenoxy) is 2. The van der Waals surface area contributed by atoms with Crippen LogP contribution in [0.25, 0.3) is 0 Å². The van der Waals surface area contributed by atoms with Crippen molar-refractivity contribution in [1.82, 2.24) is 0 Å². The molecule has 0 amide bonds. The molecule has 4 heteroatoms. The predicted octanol–water partition coefficient (Wildman–Crippen LogP) is 1.55. The van der Waals surface area contributed by atoms with Gasteiger partial charge >= 0.3 is 0 Å². The lowest BCUT2D eigenvalue weighted by atomic mass is 10.0. The van der Waals surface area contributed by atoms with E-state index in [9.17, 15) is 4.79 Å². The molecule has 17 heavy (non-hydrogen) atoms. The van der Waals surface area contributed by atoms with E-state index in [0.717, 1.165) is 17.7 Å². The first-order valence-corrected chi connectivity index (χ1v) is 5.70. The van der Waals surface area contributed by atoms with Gasteiger partial charge in [-0.2, -0.15) is 0 Å². The molecule has 1 aromatic carbocycles. The summed E-state index contributed by atoms with van der Waals surface area (Å²) in [6.07, 6.45) is 0.922. The minimum Gasteiger partial charge on any atom is -0.493 e. The predicted molar refractivity (Wildman–Crippen MR) is 64.8 cm³/mol. The van der Waals surface area contributed by atoms with Crippen molar-refractivity contribution in [3.63, 3.8) is 0 Å². The van der Waals surface area contributed by atoms with Crippen LogP contribution in [0.4, 0.5) is 0 Å². The Bertz CT molecular complexity index is 454. The van der Waals surface area contributed by atoms with E-state index in [-0.39, 0.29) is 11.9 Å². The molecule has 2 rings (SSSR count). The summed E-state index contributed by atoms with van der Waals surface area (Å²) in [5.41, 5.74) is 7.22. The van der Waals surface area contributed by atoms with Crippen LogP contribution in [-0.2, 0) is 6.42 Å². The average molecular weight is 235 g/mol. The third-order valence-corrected chi connectivity index (χ3v) is 2.88. The van der Waals surface area contributed by atoms with E-state index in [0.29, 0.717) is 11.3 Å². The number of Topliss-reactive ketones (excluding diaryl/α,β-unsaturated/α-hetero) is 1. The number of methoxy groups -OCH3 is 1. The number of nitrogens with two attached hydrogens (primary N) is 1. The summed E-state index contributed by atoms with van der Waals surface area (Å²) in [5.74, 6) is 1.28. The van der Waals surface area contributed by atoms with Gasteiger partial charge in [0.1, 0.15) is 6.10 Å². The van der Waals surface area contributed by atoms with Crippen molar-refractivity contribution < 1.29 is 14.3 Å². The highest BCUT2D eigenvalue weighted by Crippen LogP contribution is 2.39. The van der Waals surface area contributed by atoms with Gasteiger partial charge in [-0.3, -0.25) is 4.79 Å². The highest BCUT2D eigenvalue weighted by Gasteiger charge is 2.25. The second-order valence-corrected chi connectivity index (χ2v) is 4.45. The van der Waals surface area contributed by atoms with Gasteiger partial charge in [0.2, 0.25) is 0 Å². The van der Waals surface area contributed by atoms with E-state index in [1.165, 1.54) is 0 Å². The second kappa shape index (κ2) is 4.37. The molecule has 0 aliphatic carbocycles. The van der Waals surface area contributed by atoms with E-state index < -0.39 is 6.04 Å². The lowest BCUT2D eigenvalue weighted by molar-refractivity contribution is 0.0967. The van der Waals surface area contributed by atoms with Crippen molar-refractivity contribution in [3.05, 3.63) is 23.3 Å². The number of hydrogen-bond donors (Lipinski definition) is 1. The molecule has 0 saturated heterocycles. The Balaban J connectivity index is 2.45. The molecule has 0 aromatic heterocycles. The summed E-state index contributed by atoms with van der Waals surface area (Å²) in [7, 11) is 1.57. The Hall–Kier alpha value is -1.55. The molecule has 2 N–H and O–H groups in total. The lowest BCUT2D eigenvalue weighted by Gasteiger charge is -2.11. The average Bonchev–Trinajstić information content (AvgIpc) is 2.66. The normalized spacial score (nSPS) is 19.4. The van der Waals surface area contributed by atoms with Crippen LogP contribution in [0.3, 0.4) is 0 Å². The Labute approximate surface area is 101 Å². The molecule has 0 fully saturated rings. The van der Waals surface area contributed by atoms with Gasteiger partial charge in [0.15, 0.2) is 17.3 Å². The van der Waals surface area contributed by atoms with Crippen molar-refractivity contribution in [2.45, 2.75) is 32.4 Å². The number of fused-ring (bicyclic) bond motifs is 1. The van der Waals surface area contributed by atoms with Gasteiger partial charge in [0.25, 0.3) is 0 Å². The van der Waals surface area contributed by atoms with Crippen molar-refractivity contribution in [2.24, 2.45) is 5.73 Å². The standard InChI is InChI=1S/C13H17NO3/c1-7-4-10-5-9(12(15)8(2)14)6-11(16-3)13(10)17-7/h5-8H,4,14H2,1-3H3. The zero-order chi connectivity index (χ0) is 12.6. The molecule has 0 bridgehead atoms. The molecule has 92 valence electrons. The lowest BCUT2D eigenvalue weighted by Crippen LogP contribution is -2.26. The first-order chi connectivity index (χ1) is 8.02. The van der Waals surface area contributed by atoms with E-state index >= 15 is 0 Å². The first-order valence-electron chi connectivity index (χ1n) is 5.70. The van der Waals surface area contributed by atoms with Gasteiger partial charge < -0.3 is 15.2 Å². The summed E-state index contributed by atoms with van der Waals surface area (Å²) in [5, 5.41) is 0. The molecule has 1 heterocycles. The molecule has 1 aliphatic rings. The minimum atomic E-state index is -0.502.